The van der Waals surface area contributed by atoms with Gasteiger partial charge in [-0.3, -0.25) is 9.69 Å². The van der Waals surface area contributed by atoms with Crippen LogP contribution in [-0.2, 0) is 4.79 Å². The largest absolute Gasteiger partial charge is 0.397 e. The maximum atomic E-state index is 12.3. The van der Waals surface area contributed by atoms with Crippen molar-refractivity contribution in [2.24, 2.45) is 0 Å². The standard InChI is InChI=1S/C16H24ClN3O/c1-2-13-6-4-3-5-9-20(13)11-16(21)19-15-8-7-12(17)10-14(15)18/h7-8,10,13H,2-6,9,11,18H2,1H3,(H,19,21). The van der Waals surface area contributed by atoms with Crippen LogP contribution in [0, 0.1) is 0 Å². The molecule has 4 nitrogen and oxygen atoms in total. The van der Waals surface area contributed by atoms with Crippen LogP contribution >= 0.6 is 11.6 Å². The zero-order chi connectivity index (χ0) is 15.2. The van der Waals surface area contributed by atoms with Crippen LogP contribution in [0.2, 0.25) is 5.02 Å². The first-order valence-electron chi connectivity index (χ1n) is 7.69. The van der Waals surface area contributed by atoms with E-state index in [9.17, 15) is 4.79 Å². The summed E-state index contributed by atoms with van der Waals surface area (Å²) < 4.78 is 0. The molecule has 1 aromatic carbocycles. The molecule has 21 heavy (non-hydrogen) atoms. The third kappa shape index (κ3) is 4.61. The average molecular weight is 310 g/mol. The van der Waals surface area contributed by atoms with E-state index in [1.165, 1.54) is 25.7 Å². The highest BCUT2D eigenvalue weighted by Gasteiger charge is 2.21. The molecule has 0 saturated carbocycles. The third-order valence-electron chi connectivity index (χ3n) is 4.10. The van der Waals surface area contributed by atoms with Crippen molar-refractivity contribution in [1.29, 1.82) is 0 Å². The van der Waals surface area contributed by atoms with Crippen LogP contribution in [0.5, 0.6) is 0 Å². The molecular weight excluding hydrogens is 286 g/mol. The number of nitrogens with zero attached hydrogens (tertiary/aromatic N) is 1. The number of anilines is 2. The van der Waals surface area contributed by atoms with Gasteiger partial charge in [-0.15, -0.1) is 0 Å². The molecule has 1 aliphatic rings. The quantitative estimate of drug-likeness (QED) is 0.837. The molecule has 1 amide bonds. The Morgan fingerprint density at radius 3 is 2.95 bits per heavy atom. The van der Waals surface area contributed by atoms with Crippen molar-refractivity contribution in [1.82, 2.24) is 4.90 Å². The number of nitrogens with one attached hydrogen (secondary N) is 1. The van der Waals surface area contributed by atoms with E-state index in [0.717, 1.165) is 13.0 Å². The van der Waals surface area contributed by atoms with Gasteiger partial charge in [-0.2, -0.15) is 0 Å². The number of hydrogen-bond donors (Lipinski definition) is 2. The topological polar surface area (TPSA) is 58.4 Å². The highest BCUT2D eigenvalue weighted by Crippen LogP contribution is 2.23. The minimum absolute atomic E-state index is 0.00984. The number of carbonyl (C=O) groups excluding carboxylic acids is 1. The predicted octanol–water partition coefficient (Wildman–Crippen LogP) is 3.52. The minimum atomic E-state index is -0.00984. The van der Waals surface area contributed by atoms with Gasteiger partial charge in [-0.1, -0.05) is 31.4 Å². The maximum absolute atomic E-state index is 12.3. The van der Waals surface area contributed by atoms with E-state index >= 15 is 0 Å². The fourth-order valence-electron chi connectivity index (χ4n) is 2.93. The fourth-order valence-corrected chi connectivity index (χ4v) is 3.11. The Hall–Kier alpha value is -1.26. The summed E-state index contributed by atoms with van der Waals surface area (Å²) in [4.78, 5) is 14.6. The summed E-state index contributed by atoms with van der Waals surface area (Å²) in [5.74, 6) is -0.00984. The second kappa shape index (κ2) is 7.66. The van der Waals surface area contributed by atoms with Crippen molar-refractivity contribution in [2.45, 2.75) is 45.1 Å². The number of benzene rings is 1. The molecule has 1 atom stereocenters. The second-order valence-corrected chi connectivity index (χ2v) is 6.10. The summed E-state index contributed by atoms with van der Waals surface area (Å²) in [5, 5.41) is 3.46. The van der Waals surface area contributed by atoms with E-state index in [4.69, 9.17) is 17.3 Å². The number of rotatable bonds is 4. The molecule has 1 aliphatic heterocycles. The monoisotopic (exact) mass is 309 g/mol. The Morgan fingerprint density at radius 2 is 2.24 bits per heavy atom. The molecule has 3 N–H and O–H groups in total. The highest BCUT2D eigenvalue weighted by atomic mass is 35.5. The molecule has 0 aliphatic carbocycles. The van der Waals surface area contributed by atoms with Crippen molar-refractivity contribution in [3.8, 4) is 0 Å². The number of likely N-dealkylation sites (tertiary alicyclic amines) is 1. The maximum Gasteiger partial charge on any atom is 0.238 e. The zero-order valence-electron chi connectivity index (χ0n) is 12.6. The molecule has 0 bridgehead atoms. The molecule has 5 heteroatoms. The first-order chi connectivity index (χ1) is 10.1. The summed E-state index contributed by atoms with van der Waals surface area (Å²) in [7, 11) is 0. The summed E-state index contributed by atoms with van der Waals surface area (Å²) in [6, 6.07) is 5.64. The highest BCUT2D eigenvalue weighted by molar-refractivity contribution is 6.31. The van der Waals surface area contributed by atoms with Crippen LogP contribution in [0.4, 0.5) is 11.4 Å². The Bertz CT molecular complexity index is 492. The van der Waals surface area contributed by atoms with E-state index in [1.54, 1.807) is 18.2 Å². The second-order valence-electron chi connectivity index (χ2n) is 5.66. The molecule has 1 fully saturated rings. The third-order valence-corrected chi connectivity index (χ3v) is 4.34. The van der Waals surface area contributed by atoms with Gasteiger partial charge in [0.25, 0.3) is 0 Å². The number of halogens is 1. The van der Waals surface area contributed by atoms with Crippen LogP contribution in [0.25, 0.3) is 0 Å². The fraction of sp³-hybridized carbons (Fsp3) is 0.562. The molecule has 0 spiro atoms. The van der Waals surface area contributed by atoms with E-state index in [1.807, 2.05) is 0 Å². The number of nitrogens with two attached hydrogens (primary N) is 1. The molecule has 116 valence electrons. The first-order valence-corrected chi connectivity index (χ1v) is 8.07. The van der Waals surface area contributed by atoms with Crippen molar-refractivity contribution in [2.75, 3.05) is 24.1 Å². The van der Waals surface area contributed by atoms with Gasteiger partial charge < -0.3 is 11.1 Å². The molecular formula is C16H24ClN3O. The molecule has 1 heterocycles. The van der Waals surface area contributed by atoms with Crippen LogP contribution in [-0.4, -0.2) is 29.9 Å². The van der Waals surface area contributed by atoms with Gasteiger partial charge in [0.1, 0.15) is 0 Å². The van der Waals surface area contributed by atoms with Gasteiger partial charge in [-0.25, -0.2) is 0 Å². The lowest BCUT2D eigenvalue weighted by atomic mass is 10.1. The normalized spacial score (nSPS) is 20.0. The first kappa shape index (κ1) is 16.1. The Labute approximate surface area is 131 Å². The Balaban J connectivity index is 1.96. The zero-order valence-corrected chi connectivity index (χ0v) is 13.3. The average Bonchev–Trinajstić information content (AvgIpc) is 2.67. The van der Waals surface area contributed by atoms with Crippen LogP contribution in [0.15, 0.2) is 18.2 Å². The lowest BCUT2D eigenvalue weighted by molar-refractivity contribution is -0.117. The molecule has 0 aromatic heterocycles. The van der Waals surface area contributed by atoms with Crippen molar-refractivity contribution in [3.05, 3.63) is 23.2 Å². The van der Waals surface area contributed by atoms with Crippen LogP contribution in [0.3, 0.4) is 0 Å². The molecule has 0 radical (unpaired) electrons. The number of carbonyl (C=O) groups is 1. The van der Waals surface area contributed by atoms with E-state index in [-0.39, 0.29) is 5.91 Å². The van der Waals surface area contributed by atoms with Gasteiger partial charge >= 0.3 is 0 Å². The summed E-state index contributed by atoms with van der Waals surface area (Å²) in [5.41, 5.74) is 7.00. The Morgan fingerprint density at radius 1 is 1.43 bits per heavy atom. The summed E-state index contributed by atoms with van der Waals surface area (Å²) >= 11 is 5.86. The predicted molar refractivity (Wildman–Crippen MR) is 88.6 cm³/mol. The van der Waals surface area contributed by atoms with E-state index < -0.39 is 0 Å². The molecule has 1 aromatic rings. The van der Waals surface area contributed by atoms with Crippen LogP contribution in [0.1, 0.15) is 39.0 Å². The smallest absolute Gasteiger partial charge is 0.238 e. The molecule has 1 unspecified atom stereocenters. The van der Waals surface area contributed by atoms with Gasteiger partial charge in [0.2, 0.25) is 5.91 Å². The Kier molecular flexibility index (Phi) is 5.88. The molecule has 1 saturated heterocycles. The minimum Gasteiger partial charge on any atom is -0.397 e. The van der Waals surface area contributed by atoms with Crippen molar-refractivity contribution >= 4 is 28.9 Å². The number of hydrogen-bond acceptors (Lipinski definition) is 3. The van der Waals surface area contributed by atoms with E-state index in [0.29, 0.717) is 29.0 Å². The summed E-state index contributed by atoms with van der Waals surface area (Å²) in [6.07, 6.45) is 5.98. The van der Waals surface area contributed by atoms with Gasteiger partial charge in [0.05, 0.1) is 17.9 Å². The van der Waals surface area contributed by atoms with Crippen molar-refractivity contribution < 1.29 is 4.79 Å². The molecule has 2 rings (SSSR count). The summed E-state index contributed by atoms with van der Waals surface area (Å²) in [6.45, 7) is 3.63. The van der Waals surface area contributed by atoms with Gasteiger partial charge in [-0.05, 0) is 44.0 Å². The number of amides is 1. The SMILES string of the molecule is CCC1CCCCCN1CC(=O)Nc1ccc(Cl)cc1N. The van der Waals surface area contributed by atoms with Gasteiger partial charge in [0.15, 0.2) is 0 Å². The van der Waals surface area contributed by atoms with Crippen molar-refractivity contribution in [3.63, 3.8) is 0 Å². The lowest BCUT2D eigenvalue weighted by Gasteiger charge is -2.28. The lowest BCUT2D eigenvalue weighted by Crippen LogP contribution is -2.40. The number of nitrogen functional groups attached to an aromatic ring is 1. The van der Waals surface area contributed by atoms with E-state index in [2.05, 4.69) is 17.1 Å². The van der Waals surface area contributed by atoms with Gasteiger partial charge in [0, 0.05) is 11.1 Å². The van der Waals surface area contributed by atoms with Crippen LogP contribution < -0.4 is 11.1 Å².